The average Bonchev–Trinajstić information content (AvgIpc) is 2.63. The number of hydrogen-bond acceptors (Lipinski definition) is 5. The van der Waals surface area contributed by atoms with Crippen LogP contribution in [0, 0.1) is 5.92 Å². The number of benzene rings is 1. The van der Waals surface area contributed by atoms with Gasteiger partial charge in [-0.25, -0.2) is 4.79 Å². The van der Waals surface area contributed by atoms with E-state index in [9.17, 15) is 9.59 Å². The van der Waals surface area contributed by atoms with Crippen LogP contribution in [-0.4, -0.2) is 36.4 Å². The van der Waals surface area contributed by atoms with E-state index in [4.69, 9.17) is 14.2 Å². The van der Waals surface area contributed by atoms with E-state index in [2.05, 4.69) is 12.1 Å². The highest BCUT2D eigenvalue weighted by Gasteiger charge is 2.38. The largest absolute Gasteiger partial charge is 0.463 e. The maximum absolute atomic E-state index is 12.8. The summed E-state index contributed by atoms with van der Waals surface area (Å²) in [7, 11) is 0. The van der Waals surface area contributed by atoms with E-state index in [1.54, 1.807) is 27.7 Å². The van der Waals surface area contributed by atoms with Crippen LogP contribution in [0.3, 0.4) is 0 Å². The maximum atomic E-state index is 12.8. The number of carbonyl (C=O) groups excluding carboxylic acids is 2. The number of ether oxygens (including phenoxy) is 3. The first-order valence-electron chi connectivity index (χ1n) is 10.3. The molecule has 0 saturated carbocycles. The van der Waals surface area contributed by atoms with Crippen molar-refractivity contribution >= 4 is 11.9 Å². The highest BCUT2D eigenvalue weighted by Crippen LogP contribution is 2.23. The third-order valence-corrected chi connectivity index (χ3v) is 4.38. The van der Waals surface area contributed by atoms with Crippen molar-refractivity contribution in [1.82, 2.24) is 0 Å². The summed E-state index contributed by atoms with van der Waals surface area (Å²) >= 11 is 0. The van der Waals surface area contributed by atoms with Crippen molar-refractivity contribution in [3.63, 3.8) is 0 Å². The van der Waals surface area contributed by atoms with E-state index in [1.807, 2.05) is 32.0 Å². The number of esters is 2. The number of rotatable bonds is 12. The Bertz CT molecular complexity index is 582. The fourth-order valence-corrected chi connectivity index (χ4v) is 2.84. The van der Waals surface area contributed by atoms with Gasteiger partial charge in [-0.3, -0.25) is 4.79 Å². The van der Waals surface area contributed by atoms with Crippen molar-refractivity contribution in [3.05, 3.63) is 35.9 Å². The Morgan fingerprint density at radius 1 is 0.893 bits per heavy atom. The maximum Gasteiger partial charge on any atom is 0.336 e. The van der Waals surface area contributed by atoms with Crippen LogP contribution in [0.4, 0.5) is 0 Å². The van der Waals surface area contributed by atoms with Crippen LogP contribution in [0.5, 0.6) is 0 Å². The smallest absolute Gasteiger partial charge is 0.336 e. The van der Waals surface area contributed by atoms with Gasteiger partial charge in [-0.15, -0.1) is 0 Å². The van der Waals surface area contributed by atoms with Gasteiger partial charge in [-0.2, -0.15) is 0 Å². The summed E-state index contributed by atoms with van der Waals surface area (Å²) in [6, 6.07) is 10.1. The molecule has 1 aromatic carbocycles. The van der Waals surface area contributed by atoms with E-state index in [0.717, 1.165) is 19.3 Å². The van der Waals surface area contributed by atoms with Crippen LogP contribution >= 0.6 is 0 Å². The molecule has 0 aliphatic rings. The van der Waals surface area contributed by atoms with Crippen molar-refractivity contribution in [3.8, 4) is 0 Å². The van der Waals surface area contributed by atoms with Crippen molar-refractivity contribution in [2.45, 2.75) is 91.6 Å². The minimum atomic E-state index is -0.959. The van der Waals surface area contributed by atoms with Crippen molar-refractivity contribution in [2.24, 2.45) is 5.92 Å². The molecule has 0 spiro atoms. The minimum Gasteiger partial charge on any atom is -0.463 e. The first-order chi connectivity index (χ1) is 13.2. The third-order valence-electron chi connectivity index (χ3n) is 4.38. The molecule has 1 aromatic rings. The van der Waals surface area contributed by atoms with Gasteiger partial charge < -0.3 is 14.2 Å². The molecule has 0 aliphatic carbocycles. The molecule has 2 unspecified atom stereocenters. The third kappa shape index (κ3) is 8.87. The Kier molecular flexibility index (Phi) is 10.8. The molecule has 0 radical (unpaired) electrons. The molecule has 0 amide bonds. The molecule has 3 atom stereocenters. The Labute approximate surface area is 169 Å². The molecule has 0 fully saturated rings. The number of carbonyl (C=O) groups is 2. The van der Waals surface area contributed by atoms with E-state index in [-0.39, 0.29) is 18.3 Å². The van der Waals surface area contributed by atoms with Gasteiger partial charge >= 0.3 is 11.9 Å². The van der Waals surface area contributed by atoms with Gasteiger partial charge in [0.15, 0.2) is 6.10 Å². The van der Waals surface area contributed by atoms with Crippen molar-refractivity contribution < 1.29 is 23.8 Å². The summed E-state index contributed by atoms with van der Waals surface area (Å²) in [5, 5.41) is 0. The molecule has 0 heterocycles. The lowest BCUT2D eigenvalue weighted by Crippen LogP contribution is -2.42. The first-order valence-corrected chi connectivity index (χ1v) is 10.3. The first kappa shape index (κ1) is 24.2. The van der Waals surface area contributed by atoms with E-state index in [0.29, 0.717) is 6.42 Å². The molecule has 0 saturated heterocycles. The average molecular weight is 393 g/mol. The molecule has 158 valence electrons. The fraction of sp³-hybridized carbons (Fsp3) is 0.652. The Balaban J connectivity index is 2.96. The fourth-order valence-electron chi connectivity index (χ4n) is 2.84. The lowest BCUT2D eigenvalue weighted by molar-refractivity contribution is -0.179. The van der Waals surface area contributed by atoms with Crippen LogP contribution in [0.25, 0.3) is 0 Å². The monoisotopic (exact) mass is 392 g/mol. The second kappa shape index (κ2) is 12.6. The molecular formula is C23H36O5. The molecule has 0 N–H and O–H groups in total. The lowest BCUT2D eigenvalue weighted by Gasteiger charge is -2.28. The van der Waals surface area contributed by atoms with E-state index >= 15 is 0 Å². The quantitative estimate of drug-likeness (QED) is 0.482. The Morgan fingerprint density at radius 2 is 1.46 bits per heavy atom. The standard InChI is InChI=1S/C23H36O5/c1-7-18(6)28-21(23(25)27-17(4)5)20(22(24)26-16(2)3)15-11-14-19-12-9-8-10-13-19/h8-10,12-13,16-18,20-21H,7,11,14-15H2,1-6H3/t18?,20?,21-/m0/s1. The molecule has 5 nitrogen and oxygen atoms in total. The van der Waals surface area contributed by atoms with Gasteiger partial charge in [0.2, 0.25) is 0 Å². The van der Waals surface area contributed by atoms with Crippen LogP contribution in [0.2, 0.25) is 0 Å². The zero-order valence-electron chi connectivity index (χ0n) is 18.1. The van der Waals surface area contributed by atoms with Crippen molar-refractivity contribution in [1.29, 1.82) is 0 Å². The minimum absolute atomic E-state index is 0.159. The molecule has 0 aliphatic heterocycles. The zero-order valence-corrected chi connectivity index (χ0v) is 18.1. The number of hydrogen-bond donors (Lipinski definition) is 0. The lowest BCUT2D eigenvalue weighted by atomic mass is 9.93. The van der Waals surface area contributed by atoms with Gasteiger partial charge in [-0.05, 0) is 65.9 Å². The van der Waals surface area contributed by atoms with Gasteiger partial charge in [-0.1, -0.05) is 37.3 Å². The van der Waals surface area contributed by atoms with Crippen LogP contribution < -0.4 is 0 Å². The van der Waals surface area contributed by atoms with Gasteiger partial charge in [0.1, 0.15) is 0 Å². The Morgan fingerprint density at radius 3 is 2.00 bits per heavy atom. The summed E-state index contributed by atoms with van der Waals surface area (Å²) in [6.45, 7) is 11.0. The van der Waals surface area contributed by atoms with E-state index in [1.165, 1.54) is 5.56 Å². The molecule has 28 heavy (non-hydrogen) atoms. The van der Waals surface area contributed by atoms with E-state index < -0.39 is 24.0 Å². The molecule has 0 bridgehead atoms. The predicted octanol–water partition coefficient (Wildman–Crippen LogP) is 4.71. The molecular weight excluding hydrogens is 356 g/mol. The van der Waals surface area contributed by atoms with Crippen LogP contribution in [0.15, 0.2) is 30.3 Å². The predicted molar refractivity (Wildman–Crippen MR) is 110 cm³/mol. The summed E-state index contributed by atoms with van der Waals surface area (Å²) in [5.41, 5.74) is 1.20. The summed E-state index contributed by atoms with van der Waals surface area (Å²) in [5.74, 6) is -1.59. The highest BCUT2D eigenvalue weighted by molar-refractivity contribution is 5.84. The molecule has 1 rings (SSSR count). The van der Waals surface area contributed by atoms with Crippen molar-refractivity contribution in [2.75, 3.05) is 0 Å². The SMILES string of the molecule is CCC(C)O[C@H](C(=O)OC(C)C)C(CCCc1ccccc1)C(=O)OC(C)C. The second-order valence-corrected chi connectivity index (χ2v) is 7.73. The highest BCUT2D eigenvalue weighted by atomic mass is 16.6. The van der Waals surface area contributed by atoms with Crippen LogP contribution in [-0.2, 0) is 30.2 Å². The van der Waals surface area contributed by atoms with Crippen LogP contribution in [0.1, 0.15) is 66.4 Å². The zero-order chi connectivity index (χ0) is 21.1. The Hall–Kier alpha value is -1.88. The van der Waals surface area contributed by atoms with Gasteiger partial charge in [0, 0.05) is 0 Å². The summed E-state index contributed by atoms with van der Waals surface area (Å²) in [4.78, 5) is 25.5. The summed E-state index contributed by atoms with van der Waals surface area (Å²) < 4.78 is 16.8. The normalized spacial score (nSPS) is 14.6. The molecule has 5 heteroatoms. The topological polar surface area (TPSA) is 61.8 Å². The molecule has 0 aromatic heterocycles. The van der Waals surface area contributed by atoms with Gasteiger partial charge in [0.25, 0.3) is 0 Å². The van der Waals surface area contributed by atoms with Gasteiger partial charge in [0.05, 0.1) is 24.2 Å². The second-order valence-electron chi connectivity index (χ2n) is 7.73. The summed E-state index contributed by atoms with van der Waals surface area (Å²) in [6.07, 6.45) is 1.15. The number of aryl methyl sites for hydroxylation is 1.